The normalized spacial score (nSPS) is 15.9. The molecule has 1 aliphatic rings. The van der Waals surface area contributed by atoms with E-state index >= 15 is 0 Å². The van der Waals surface area contributed by atoms with Crippen LogP contribution in [-0.2, 0) is 20.4 Å². The average Bonchev–Trinajstić information content (AvgIpc) is 3.29. The van der Waals surface area contributed by atoms with Gasteiger partial charge in [0.05, 0.1) is 0 Å². The van der Waals surface area contributed by atoms with Crippen molar-refractivity contribution in [1.82, 2.24) is 0 Å². The van der Waals surface area contributed by atoms with Gasteiger partial charge in [-0.25, -0.2) is 4.79 Å². The highest BCUT2D eigenvalue weighted by molar-refractivity contribution is 5.83. The number of carbonyl (C=O) groups is 2. The molecule has 340 valence electrons. The van der Waals surface area contributed by atoms with Gasteiger partial charge in [-0.05, 0) is 171 Å². The third kappa shape index (κ3) is 9.74. The smallest absolute Gasteiger partial charge is 0.355 e. The second-order valence-corrected chi connectivity index (χ2v) is 19.4. The van der Waals surface area contributed by atoms with Crippen molar-refractivity contribution in [3.63, 3.8) is 0 Å². The first kappa shape index (κ1) is 47.9. The van der Waals surface area contributed by atoms with E-state index in [0.717, 1.165) is 47.9 Å². The zero-order chi connectivity index (χ0) is 46.5. The quantitative estimate of drug-likeness (QED) is 0.0780. The second kappa shape index (κ2) is 19.3. The Labute approximate surface area is 382 Å². The molecule has 1 fully saturated rings. The van der Waals surface area contributed by atoms with Gasteiger partial charge in [0.25, 0.3) is 0 Å². The lowest BCUT2D eigenvalue weighted by Gasteiger charge is -2.44. The largest absolute Gasteiger partial charge is 0.508 e. The molecular weight excluding hydrogens is 797 g/mol. The van der Waals surface area contributed by atoms with Crippen LogP contribution in [0.2, 0.25) is 0 Å². The third-order valence-electron chi connectivity index (χ3n) is 14.5. The van der Waals surface area contributed by atoms with Crippen LogP contribution in [0.5, 0.6) is 28.7 Å². The van der Waals surface area contributed by atoms with Crippen molar-refractivity contribution < 1.29 is 33.6 Å². The second-order valence-electron chi connectivity index (χ2n) is 19.4. The Kier molecular flexibility index (Phi) is 14.4. The minimum Gasteiger partial charge on any atom is -0.508 e. The van der Waals surface area contributed by atoms with Gasteiger partial charge in [-0.15, -0.1) is 0 Å². The molecule has 64 heavy (non-hydrogen) atoms. The summed E-state index contributed by atoms with van der Waals surface area (Å²) in [5, 5.41) is 9.98. The van der Waals surface area contributed by atoms with E-state index in [0.29, 0.717) is 48.7 Å². The lowest BCUT2D eigenvalue weighted by Crippen LogP contribution is -2.54. The summed E-state index contributed by atoms with van der Waals surface area (Å²) < 4.78 is 25.5. The van der Waals surface area contributed by atoms with E-state index in [1.54, 1.807) is 12.1 Å². The Balaban J connectivity index is 1.15. The fourth-order valence-electron chi connectivity index (χ4n) is 9.35. The lowest BCUT2D eigenvalue weighted by molar-refractivity contribution is -0.160. The summed E-state index contributed by atoms with van der Waals surface area (Å²) in [6.45, 7) is 22.4. The molecule has 0 radical (unpaired) electrons. The number of hydrogen-bond acceptors (Lipinski definition) is 7. The van der Waals surface area contributed by atoms with Crippen LogP contribution in [0.3, 0.4) is 0 Å². The summed E-state index contributed by atoms with van der Waals surface area (Å²) in [6.07, 6.45) is 7.57. The third-order valence-corrected chi connectivity index (χ3v) is 14.5. The molecule has 0 amide bonds. The molecule has 1 N–H and O–H groups in total. The van der Waals surface area contributed by atoms with Gasteiger partial charge in [-0.3, -0.25) is 4.79 Å². The highest BCUT2D eigenvalue weighted by Crippen LogP contribution is 2.47. The number of aromatic hydroxyl groups is 1. The number of rotatable bonds is 16. The molecule has 5 aromatic rings. The molecule has 2 atom stereocenters. The van der Waals surface area contributed by atoms with Gasteiger partial charge in [-0.1, -0.05) is 116 Å². The van der Waals surface area contributed by atoms with Crippen LogP contribution in [0.1, 0.15) is 148 Å². The maximum absolute atomic E-state index is 14.3. The molecule has 7 nitrogen and oxygen atoms in total. The van der Waals surface area contributed by atoms with Crippen molar-refractivity contribution in [2.24, 2.45) is 5.41 Å². The fraction of sp³-hybridized carbons (Fsp3) is 0.439. The van der Waals surface area contributed by atoms with Crippen LogP contribution >= 0.6 is 0 Å². The van der Waals surface area contributed by atoms with E-state index in [2.05, 4.69) is 51.1 Å². The van der Waals surface area contributed by atoms with Gasteiger partial charge >= 0.3 is 11.9 Å². The molecule has 0 saturated heterocycles. The average molecular weight is 867 g/mol. The Morgan fingerprint density at radius 1 is 0.562 bits per heavy atom. The first-order chi connectivity index (χ1) is 30.4. The van der Waals surface area contributed by atoms with Crippen LogP contribution < -0.4 is 18.9 Å². The van der Waals surface area contributed by atoms with Gasteiger partial charge in [0, 0.05) is 5.41 Å². The summed E-state index contributed by atoms with van der Waals surface area (Å²) in [5.74, 6) is 1.85. The topological polar surface area (TPSA) is 91.3 Å². The molecule has 1 aliphatic carbocycles. The number of carbonyl (C=O) groups excluding carboxylic acids is 2. The van der Waals surface area contributed by atoms with Crippen LogP contribution in [0, 0.1) is 19.3 Å². The fourth-order valence-corrected chi connectivity index (χ4v) is 9.35. The van der Waals surface area contributed by atoms with E-state index in [4.69, 9.17) is 18.9 Å². The highest BCUT2D eigenvalue weighted by Gasteiger charge is 2.52. The minimum absolute atomic E-state index is 0.0134. The molecule has 0 spiro atoms. The number of benzene rings is 5. The van der Waals surface area contributed by atoms with E-state index in [-0.39, 0.29) is 22.5 Å². The first-order valence-corrected chi connectivity index (χ1v) is 23.4. The van der Waals surface area contributed by atoms with Gasteiger partial charge in [0.2, 0.25) is 5.60 Å². The molecule has 0 heterocycles. The maximum atomic E-state index is 14.3. The maximum Gasteiger partial charge on any atom is 0.355 e. The van der Waals surface area contributed by atoms with Crippen molar-refractivity contribution in [2.75, 3.05) is 0 Å². The summed E-state index contributed by atoms with van der Waals surface area (Å²) in [7, 11) is 0. The molecule has 0 bridgehead atoms. The summed E-state index contributed by atoms with van der Waals surface area (Å²) in [5.41, 5.74) is 4.21. The molecule has 5 aromatic carbocycles. The molecule has 1 saturated carbocycles. The Bertz CT molecular complexity index is 2380. The SMILES string of the molecule is CCC(CC)(Oc1ccc(C(C)(C)C)cc1)C(=O)Oc1ccc(-c2ccc(OC(C)(CC)C(C)(CC)C(=O)Oc3ccc(C4(c5ccc(O)cc5)CCCCC4)cc3)c(C)c2)cc1C. The Morgan fingerprint density at radius 3 is 1.56 bits per heavy atom. The van der Waals surface area contributed by atoms with Crippen molar-refractivity contribution in [2.45, 2.75) is 156 Å². The summed E-state index contributed by atoms with van der Waals surface area (Å²) in [6, 6.07) is 35.5. The molecule has 6 rings (SSSR count). The van der Waals surface area contributed by atoms with Crippen molar-refractivity contribution >= 4 is 11.9 Å². The number of aryl methyl sites for hydroxylation is 2. The van der Waals surface area contributed by atoms with E-state index < -0.39 is 22.6 Å². The minimum atomic E-state index is -1.13. The van der Waals surface area contributed by atoms with E-state index in [9.17, 15) is 14.7 Å². The van der Waals surface area contributed by atoms with Crippen LogP contribution in [0.25, 0.3) is 11.1 Å². The van der Waals surface area contributed by atoms with Crippen molar-refractivity contribution in [3.8, 4) is 39.9 Å². The summed E-state index contributed by atoms with van der Waals surface area (Å²) >= 11 is 0. The van der Waals surface area contributed by atoms with Crippen molar-refractivity contribution in [1.29, 1.82) is 0 Å². The Hall–Kier alpha value is -5.56. The van der Waals surface area contributed by atoms with Gasteiger partial charge < -0.3 is 24.1 Å². The van der Waals surface area contributed by atoms with Gasteiger partial charge in [-0.2, -0.15) is 0 Å². The van der Waals surface area contributed by atoms with Crippen molar-refractivity contribution in [3.05, 3.63) is 137 Å². The zero-order valence-electron chi connectivity index (χ0n) is 40.2. The van der Waals surface area contributed by atoms with Crippen LogP contribution in [-0.4, -0.2) is 28.2 Å². The number of ether oxygens (including phenoxy) is 4. The van der Waals surface area contributed by atoms with Gasteiger partial charge in [0.1, 0.15) is 39.8 Å². The number of hydrogen-bond donors (Lipinski definition) is 1. The highest BCUT2D eigenvalue weighted by atomic mass is 16.6. The first-order valence-electron chi connectivity index (χ1n) is 23.4. The van der Waals surface area contributed by atoms with Gasteiger partial charge in [0.15, 0.2) is 0 Å². The van der Waals surface area contributed by atoms with E-state index in [1.165, 1.54) is 23.1 Å². The number of phenolic OH excluding ortho intramolecular Hbond substituents is 1. The monoisotopic (exact) mass is 867 g/mol. The zero-order valence-corrected chi connectivity index (χ0v) is 40.2. The lowest BCUT2D eigenvalue weighted by atomic mass is 9.65. The molecule has 0 aliphatic heterocycles. The Morgan fingerprint density at radius 2 is 1.08 bits per heavy atom. The van der Waals surface area contributed by atoms with E-state index in [1.807, 2.05) is 122 Å². The summed E-state index contributed by atoms with van der Waals surface area (Å²) in [4.78, 5) is 28.1. The molecule has 7 heteroatoms. The van der Waals surface area contributed by atoms with Crippen LogP contribution in [0.15, 0.2) is 109 Å². The number of phenols is 1. The molecule has 0 aromatic heterocycles. The van der Waals surface area contributed by atoms with Crippen LogP contribution in [0.4, 0.5) is 0 Å². The predicted octanol–water partition coefficient (Wildman–Crippen LogP) is 14.3. The predicted molar refractivity (Wildman–Crippen MR) is 258 cm³/mol. The standard InChI is InChI=1S/C57H70O7/c1-12-54(10,51(59)61-47-29-25-45(26-30-47)56(35-17-16-18-36-56)44-21-27-46(58)28-22-44)55(11,13-2)64-50-34-20-42(38-40(50)6)41-19-33-49(39(5)37-41)62-52(60)57(14-3,15-4)63-48-31-23-43(24-32-48)53(7,8)9/h19-34,37-38,58H,12-18,35-36H2,1-11H3. The molecule has 2 unspecified atom stereocenters. The number of esters is 2. The molecular formula is C57H70O7.